The molecule has 0 aromatic heterocycles. The van der Waals surface area contributed by atoms with E-state index in [1.165, 1.54) is 18.2 Å². The van der Waals surface area contributed by atoms with Crippen LogP contribution in [0.15, 0.2) is 18.2 Å². The van der Waals surface area contributed by atoms with Gasteiger partial charge >= 0.3 is 11.9 Å². The molecule has 1 rings (SSSR count). The van der Waals surface area contributed by atoms with Crippen LogP contribution in [-0.2, 0) is 9.59 Å². The van der Waals surface area contributed by atoms with Crippen LogP contribution in [0.25, 0.3) is 0 Å². The van der Waals surface area contributed by atoms with E-state index in [4.69, 9.17) is 36.4 Å². The summed E-state index contributed by atoms with van der Waals surface area (Å²) in [5.74, 6) is -3.99. The van der Waals surface area contributed by atoms with Gasteiger partial charge in [0.05, 0.1) is 6.10 Å². The largest absolute Gasteiger partial charge is 0.504 e. The number of aliphatic hydroxyl groups is 3. The number of aliphatic carboxylic acids is 2. The number of nitrogens with two attached hydrogens (primary N) is 1. The molecule has 0 radical (unpaired) electrons. The number of phenols is 2. The first-order valence-electron chi connectivity index (χ1n) is 5.83. The minimum atomic E-state index is -2.27. The summed E-state index contributed by atoms with van der Waals surface area (Å²) in [4.78, 5) is 19.5. The number of aromatic hydroxyl groups is 2. The maximum atomic E-state index is 9.77. The lowest BCUT2D eigenvalue weighted by Gasteiger charge is -2.08. The number of hydrogen-bond donors (Lipinski definition) is 8. The highest BCUT2D eigenvalue weighted by Crippen LogP contribution is 2.27. The minimum Gasteiger partial charge on any atom is -0.504 e. The van der Waals surface area contributed by atoms with Gasteiger partial charge in [-0.2, -0.15) is 0 Å². The van der Waals surface area contributed by atoms with Gasteiger partial charge in [-0.1, -0.05) is 6.07 Å². The first-order chi connectivity index (χ1) is 10.1. The molecular formula is C12H17NO9. The summed E-state index contributed by atoms with van der Waals surface area (Å²) in [6, 6.07) is 4.10. The molecule has 0 saturated heterocycles. The first kappa shape index (κ1) is 19.6. The van der Waals surface area contributed by atoms with Crippen molar-refractivity contribution in [3.05, 3.63) is 23.8 Å². The van der Waals surface area contributed by atoms with E-state index >= 15 is 0 Å². The zero-order chi connectivity index (χ0) is 17.4. The molecule has 22 heavy (non-hydrogen) atoms. The fraction of sp³-hybridized carbons (Fsp3) is 0.333. The van der Waals surface area contributed by atoms with Crippen molar-refractivity contribution in [2.24, 2.45) is 5.73 Å². The second-order valence-corrected chi connectivity index (χ2v) is 4.07. The average Bonchev–Trinajstić information content (AvgIpc) is 2.48. The Hall–Kier alpha value is -2.40. The summed E-state index contributed by atoms with van der Waals surface area (Å²) in [7, 11) is 0. The Kier molecular flexibility index (Phi) is 7.83. The van der Waals surface area contributed by atoms with Crippen LogP contribution in [0.2, 0.25) is 0 Å². The van der Waals surface area contributed by atoms with E-state index in [0.29, 0.717) is 5.56 Å². The topological polar surface area (TPSA) is 202 Å². The van der Waals surface area contributed by atoms with E-state index in [9.17, 15) is 14.7 Å². The summed E-state index contributed by atoms with van der Waals surface area (Å²) in [5, 5.41) is 59.7. The van der Waals surface area contributed by atoms with Gasteiger partial charge in [0.1, 0.15) is 0 Å². The maximum absolute atomic E-state index is 9.77. The van der Waals surface area contributed by atoms with E-state index in [2.05, 4.69) is 0 Å². The van der Waals surface area contributed by atoms with E-state index in [-0.39, 0.29) is 18.0 Å². The Bertz CT molecular complexity index is 501. The van der Waals surface area contributed by atoms with Crippen molar-refractivity contribution in [2.75, 3.05) is 6.54 Å². The van der Waals surface area contributed by atoms with Crippen LogP contribution in [0.3, 0.4) is 0 Å². The molecule has 0 aliphatic heterocycles. The zero-order valence-electron chi connectivity index (χ0n) is 11.2. The quantitative estimate of drug-likeness (QED) is 0.279. The Labute approximate surface area is 124 Å². The second-order valence-electron chi connectivity index (χ2n) is 4.07. The third-order valence-corrected chi connectivity index (χ3v) is 2.41. The van der Waals surface area contributed by atoms with Gasteiger partial charge in [-0.3, -0.25) is 0 Å². The molecule has 2 unspecified atom stereocenters. The number of phenolic OH excluding ortho intramolecular Hbond substituents is 2. The van der Waals surface area contributed by atoms with Crippen LogP contribution >= 0.6 is 0 Å². The number of hydrogen-bond acceptors (Lipinski definition) is 8. The molecule has 0 aliphatic carbocycles. The van der Waals surface area contributed by atoms with Gasteiger partial charge in [0, 0.05) is 6.54 Å². The first-order valence-corrected chi connectivity index (χ1v) is 5.83. The van der Waals surface area contributed by atoms with Crippen molar-refractivity contribution in [3.8, 4) is 11.5 Å². The Morgan fingerprint density at radius 2 is 1.41 bits per heavy atom. The minimum absolute atomic E-state index is 0.0875. The van der Waals surface area contributed by atoms with E-state index < -0.39 is 30.3 Å². The molecule has 0 bridgehead atoms. The predicted molar refractivity (Wildman–Crippen MR) is 71.1 cm³/mol. The second kappa shape index (κ2) is 8.79. The third kappa shape index (κ3) is 5.93. The number of rotatable bonds is 5. The van der Waals surface area contributed by atoms with Gasteiger partial charge in [-0.05, 0) is 17.7 Å². The molecule has 1 aromatic rings. The summed E-state index contributed by atoms with van der Waals surface area (Å²) in [6.45, 7) is 0.0875. The fourth-order valence-electron chi connectivity index (χ4n) is 1.15. The SMILES string of the molecule is NC[C@H](O)c1ccc(O)c(O)c1.O=C(O)C(O)C(O)C(=O)O. The summed E-state index contributed by atoms with van der Waals surface area (Å²) >= 11 is 0. The number of carbonyl (C=O) groups is 2. The highest BCUT2D eigenvalue weighted by atomic mass is 16.4. The third-order valence-electron chi connectivity index (χ3n) is 2.41. The predicted octanol–water partition coefficient (Wildman–Crippen LogP) is -2.03. The van der Waals surface area contributed by atoms with Gasteiger partial charge in [-0.15, -0.1) is 0 Å². The van der Waals surface area contributed by atoms with Gasteiger partial charge < -0.3 is 41.5 Å². The van der Waals surface area contributed by atoms with E-state index in [0.717, 1.165) is 0 Å². The lowest BCUT2D eigenvalue weighted by molar-refractivity contribution is -0.165. The standard InChI is InChI=1S/C8H11NO3.C4H6O6/c9-4-8(12)5-1-2-6(10)7(11)3-5;5-1(3(7)8)2(6)4(9)10/h1-3,8,10-12H,4,9H2;1-2,5-6H,(H,7,8)(H,9,10)/t8-;/m0./s1. The fourth-order valence-corrected chi connectivity index (χ4v) is 1.15. The summed E-state index contributed by atoms with van der Waals surface area (Å²) in [5.41, 5.74) is 5.69. The van der Waals surface area contributed by atoms with Crippen LogP contribution in [0, 0.1) is 0 Å². The van der Waals surface area contributed by atoms with Crippen molar-refractivity contribution in [3.63, 3.8) is 0 Å². The van der Waals surface area contributed by atoms with Gasteiger partial charge in [-0.25, -0.2) is 9.59 Å². The molecule has 10 nitrogen and oxygen atoms in total. The molecule has 1 aromatic carbocycles. The molecule has 9 N–H and O–H groups in total. The maximum Gasteiger partial charge on any atom is 0.335 e. The Morgan fingerprint density at radius 1 is 0.955 bits per heavy atom. The number of carboxylic acid groups (broad SMARTS) is 2. The van der Waals surface area contributed by atoms with Crippen molar-refractivity contribution in [2.45, 2.75) is 18.3 Å². The van der Waals surface area contributed by atoms with Crippen molar-refractivity contribution in [1.29, 1.82) is 0 Å². The van der Waals surface area contributed by atoms with Crippen molar-refractivity contribution >= 4 is 11.9 Å². The molecule has 0 heterocycles. The highest BCUT2D eigenvalue weighted by Gasteiger charge is 2.29. The Balaban J connectivity index is 0.000000409. The smallest absolute Gasteiger partial charge is 0.335 e. The van der Waals surface area contributed by atoms with E-state index in [1.807, 2.05) is 0 Å². The lowest BCUT2D eigenvalue weighted by Crippen LogP contribution is -2.39. The lowest BCUT2D eigenvalue weighted by atomic mass is 10.1. The van der Waals surface area contributed by atoms with E-state index in [1.54, 1.807) is 0 Å². The molecule has 10 heteroatoms. The van der Waals surface area contributed by atoms with Crippen molar-refractivity contribution in [1.82, 2.24) is 0 Å². The zero-order valence-corrected chi connectivity index (χ0v) is 11.2. The highest BCUT2D eigenvalue weighted by molar-refractivity contribution is 5.83. The normalized spacial score (nSPS) is 14.2. The van der Waals surface area contributed by atoms with Gasteiger partial charge in [0.25, 0.3) is 0 Å². The molecular weight excluding hydrogens is 302 g/mol. The Morgan fingerprint density at radius 3 is 1.73 bits per heavy atom. The van der Waals surface area contributed by atoms with Crippen LogP contribution in [-0.4, -0.2) is 66.4 Å². The monoisotopic (exact) mass is 319 g/mol. The molecule has 0 fully saturated rings. The van der Waals surface area contributed by atoms with Crippen LogP contribution in [0.4, 0.5) is 0 Å². The molecule has 0 amide bonds. The summed E-state index contributed by atoms with van der Waals surface area (Å²) < 4.78 is 0. The molecule has 0 saturated carbocycles. The molecule has 3 atom stereocenters. The molecule has 0 spiro atoms. The van der Waals surface area contributed by atoms with Crippen molar-refractivity contribution < 1.29 is 45.3 Å². The average molecular weight is 319 g/mol. The number of benzene rings is 1. The summed E-state index contributed by atoms with van der Waals surface area (Å²) in [6.07, 6.45) is -5.33. The molecule has 0 aliphatic rings. The van der Waals surface area contributed by atoms with Crippen LogP contribution in [0.1, 0.15) is 11.7 Å². The van der Waals surface area contributed by atoms with Gasteiger partial charge in [0.15, 0.2) is 23.7 Å². The molecule has 124 valence electrons. The number of aliphatic hydroxyl groups excluding tert-OH is 3. The van der Waals surface area contributed by atoms with Crippen LogP contribution in [0.5, 0.6) is 11.5 Å². The van der Waals surface area contributed by atoms with Crippen LogP contribution < -0.4 is 5.73 Å². The van der Waals surface area contributed by atoms with Gasteiger partial charge in [0.2, 0.25) is 0 Å². The number of carboxylic acids is 2.